The Morgan fingerprint density at radius 1 is 1.23 bits per heavy atom. The van der Waals surface area contributed by atoms with Gasteiger partial charge in [0.1, 0.15) is 6.17 Å². The van der Waals surface area contributed by atoms with Gasteiger partial charge in [-0.2, -0.15) is 0 Å². The van der Waals surface area contributed by atoms with E-state index in [1.54, 1.807) is 0 Å². The Kier molecular flexibility index (Phi) is 3.30. The van der Waals surface area contributed by atoms with E-state index >= 15 is 0 Å². The number of halogens is 1. The van der Waals surface area contributed by atoms with Gasteiger partial charge in [-0.25, -0.2) is 14.4 Å². The first-order valence-electron chi connectivity index (χ1n) is 7.83. The van der Waals surface area contributed by atoms with Gasteiger partial charge in [-0.1, -0.05) is 18.2 Å². The van der Waals surface area contributed by atoms with E-state index in [4.69, 9.17) is 10.7 Å². The number of rotatable bonds is 3. The van der Waals surface area contributed by atoms with Gasteiger partial charge in [0, 0.05) is 23.4 Å². The zero-order chi connectivity index (χ0) is 15.1. The first kappa shape index (κ1) is 13.6. The second kappa shape index (κ2) is 5.32. The fourth-order valence-corrected chi connectivity index (χ4v) is 3.23. The molecular weight excluding hydrogens is 279 g/mol. The molecule has 4 rings (SSSR count). The van der Waals surface area contributed by atoms with Gasteiger partial charge in [-0.3, -0.25) is 0 Å². The highest BCUT2D eigenvalue weighted by Crippen LogP contribution is 2.33. The SMILES string of the molecule is NCc1cccc(-c2nc(N3CC(F)C3)nc3c2CCC3)c1. The molecule has 2 N–H and O–H groups in total. The topological polar surface area (TPSA) is 55.0 Å². The molecular formula is C17H19FN4. The van der Waals surface area contributed by atoms with Crippen molar-refractivity contribution in [1.82, 2.24) is 9.97 Å². The second-order valence-electron chi connectivity index (χ2n) is 6.06. The van der Waals surface area contributed by atoms with Crippen molar-refractivity contribution in [3.63, 3.8) is 0 Å². The third kappa shape index (κ3) is 2.25. The molecule has 0 bridgehead atoms. The summed E-state index contributed by atoms with van der Waals surface area (Å²) in [5, 5.41) is 0. The zero-order valence-electron chi connectivity index (χ0n) is 12.4. The van der Waals surface area contributed by atoms with Crippen molar-refractivity contribution < 1.29 is 4.39 Å². The Hall–Kier alpha value is -2.01. The molecule has 1 aliphatic carbocycles. The van der Waals surface area contributed by atoms with Gasteiger partial charge in [0.15, 0.2) is 0 Å². The monoisotopic (exact) mass is 298 g/mol. The summed E-state index contributed by atoms with van der Waals surface area (Å²) >= 11 is 0. The molecule has 2 heterocycles. The minimum Gasteiger partial charge on any atom is -0.335 e. The van der Waals surface area contributed by atoms with Gasteiger partial charge in [0.05, 0.1) is 18.8 Å². The van der Waals surface area contributed by atoms with Gasteiger partial charge in [-0.15, -0.1) is 0 Å². The van der Waals surface area contributed by atoms with Gasteiger partial charge in [0.2, 0.25) is 5.95 Å². The van der Waals surface area contributed by atoms with E-state index in [0.717, 1.165) is 41.8 Å². The Balaban J connectivity index is 1.80. The molecule has 1 aliphatic heterocycles. The van der Waals surface area contributed by atoms with Crippen LogP contribution >= 0.6 is 0 Å². The summed E-state index contributed by atoms with van der Waals surface area (Å²) < 4.78 is 13.1. The van der Waals surface area contributed by atoms with Crippen LogP contribution in [0.3, 0.4) is 0 Å². The number of anilines is 1. The van der Waals surface area contributed by atoms with Crippen LogP contribution in [-0.2, 0) is 19.4 Å². The summed E-state index contributed by atoms with van der Waals surface area (Å²) in [6.45, 7) is 1.33. The van der Waals surface area contributed by atoms with E-state index in [-0.39, 0.29) is 0 Å². The van der Waals surface area contributed by atoms with Crippen LogP contribution in [-0.4, -0.2) is 29.2 Å². The Morgan fingerprint density at radius 3 is 2.86 bits per heavy atom. The quantitative estimate of drug-likeness (QED) is 0.944. The maximum atomic E-state index is 13.1. The highest BCUT2D eigenvalue weighted by molar-refractivity contribution is 5.67. The minimum absolute atomic E-state index is 0.404. The molecule has 2 aromatic rings. The zero-order valence-corrected chi connectivity index (χ0v) is 12.4. The normalized spacial score (nSPS) is 17.5. The lowest BCUT2D eigenvalue weighted by atomic mass is 10.0. The van der Waals surface area contributed by atoms with Crippen molar-refractivity contribution in [3.8, 4) is 11.3 Å². The third-order valence-corrected chi connectivity index (χ3v) is 4.48. The van der Waals surface area contributed by atoms with Crippen LogP contribution < -0.4 is 10.6 Å². The van der Waals surface area contributed by atoms with Crippen molar-refractivity contribution in [2.45, 2.75) is 32.0 Å². The average molecular weight is 298 g/mol. The van der Waals surface area contributed by atoms with Crippen molar-refractivity contribution >= 4 is 5.95 Å². The summed E-state index contributed by atoms with van der Waals surface area (Å²) in [4.78, 5) is 11.3. The van der Waals surface area contributed by atoms with Crippen LogP contribution in [0.25, 0.3) is 11.3 Å². The fraction of sp³-hybridized carbons (Fsp3) is 0.412. The molecule has 5 heteroatoms. The lowest BCUT2D eigenvalue weighted by molar-refractivity contribution is 0.272. The van der Waals surface area contributed by atoms with Crippen LogP contribution in [0.4, 0.5) is 10.3 Å². The van der Waals surface area contributed by atoms with Crippen LogP contribution in [0.2, 0.25) is 0 Å². The second-order valence-corrected chi connectivity index (χ2v) is 6.06. The molecule has 2 aliphatic rings. The van der Waals surface area contributed by atoms with E-state index in [0.29, 0.717) is 25.6 Å². The van der Waals surface area contributed by atoms with E-state index < -0.39 is 6.17 Å². The van der Waals surface area contributed by atoms with Crippen molar-refractivity contribution in [1.29, 1.82) is 0 Å². The number of hydrogen-bond acceptors (Lipinski definition) is 4. The van der Waals surface area contributed by atoms with Gasteiger partial charge in [-0.05, 0) is 30.9 Å². The van der Waals surface area contributed by atoms with Crippen molar-refractivity contribution in [2.75, 3.05) is 18.0 Å². The smallest absolute Gasteiger partial charge is 0.226 e. The van der Waals surface area contributed by atoms with Gasteiger partial charge < -0.3 is 10.6 Å². The summed E-state index contributed by atoms with van der Waals surface area (Å²) in [5.41, 5.74) is 11.3. The standard InChI is InChI=1S/C17H19FN4/c18-13-9-22(10-13)17-20-15-6-2-5-14(15)16(21-17)12-4-1-3-11(7-12)8-19/h1,3-4,7,13H,2,5-6,8-10,19H2. The molecule has 1 fully saturated rings. The van der Waals surface area contributed by atoms with Crippen molar-refractivity contribution in [2.24, 2.45) is 5.73 Å². The maximum absolute atomic E-state index is 13.1. The number of nitrogens with two attached hydrogens (primary N) is 1. The van der Waals surface area contributed by atoms with Crippen LogP contribution in [0, 0.1) is 0 Å². The van der Waals surface area contributed by atoms with E-state index in [1.165, 1.54) is 5.56 Å². The van der Waals surface area contributed by atoms with E-state index in [1.807, 2.05) is 17.0 Å². The largest absolute Gasteiger partial charge is 0.335 e. The molecule has 1 aromatic carbocycles. The molecule has 0 radical (unpaired) electrons. The van der Waals surface area contributed by atoms with Crippen LogP contribution in [0.15, 0.2) is 24.3 Å². The highest BCUT2D eigenvalue weighted by Gasteiger charge is 2.30. The number of alkyl halides is 1. The number of nitrogens with zero attached hydrogens (tertiary/aromatic N) is 3. The number of fused-ring (bicyclic) bond motifs is 1. The van der Waals surface area contributed by atoms with Crippen molar-refractivity contribution in [3.05, 3.63) is 41.1 Å². The highest BCUT2D eigenvalue weighted by atomic mass is 19.1. The fourth-order valence-electron chi connectivity index (χ4n) is 3.23. The number of benzene rings is 1. The Morgan fingerprint density at radius 2 is 2.09 bits per heavy atom. The number of aromatic nitrogens is 2. The minimum atomic E-state index is -0.749. The Bertz CT molecular complexity index is 710. The average Bonchev–Trinajstić information content (AvgIpc) is 2.99. The summed E-state index contributed by atoms with van der Waals surface area (Å²) in [6.07, 6.45) is 2.37. The van der Waals surface area contributed by atoms with Crippen LogP contribution in [0.1, 0.15) is 23.2 Å². The molecule has 22 heavy (non-hydrogen) atoms. The Labute approximate surface area is 129 Å². The van der Waals surface area contributed by atoms with E-state index in [2.05, 4.69) is 17.1 Å². The van der Waals surface area contributed by atoms with Gasteiger partial charge in [0.25, 0.3) is 0 Å². The molecule has 0 unspecified atom stereocenters. The first-order valence-corrected chi connectivity index (χ1v) is 7.83. The lowest BCUT2D eigenvalue weighted by Crippen LogP contribution is -2.49. The third-order valence-electron chi connectivity index (χ3n) is 4.48. The summed E-state index contributed by atoms with van der Waals surface area (Å²) in [7, 11) is 0. The predicted octanol–water partition coefficient (Wildman–Crippen LogP) is 2.25. The molecule has 0 saturated carbocycles. The van der Waals surface area contributed by atoms with Gasteiger partial charge >= 0.3 is 0 Å². The molecule has 0 amide bonds. The summed E-state index contributed by atoms with van der Waals surface area (Å²) in [5.74, 6) is 0.669. The van der Waals surface area contributed by atoms with Crippen LogP contribution in [0.5, 0.6) is 0 Å². The molecule has 114 valence electrons. The lowest BCUT2D eigenvalue weighted by Gasteiger charge is -2.34. The molecule has 0 spiro atoms. The molecule has 1 saturated heterocycles. The van der Waals surface area contributed by atoms with E-state index in [9.17, 15) is 4.39 Å². The molecule has 0 atom stereocenters. The maximum Gasteiger partial charge on any atom is 0.226 e. The number of aryl methyl sites for hydroxylation is 1. The summed E-state index contributed by atoms with van der Waals surface area (Å²) in [6, 6.07) is 8.20. The first-order chi connectivity index (χ1) is 10.7. The predicted molar refractivity (Wildman–Crippen MR) is 84.5 cm³/mol. The number of hydrogen-bond donors (Lipinski definition) is 1. The molecule has 1 aromatic heterocycles. The molecule has 4 nitrogen and oxygen atoms in total.